The molecule has 1 aliphatic rings. The second-order valence-electron chi connectivity index (χ2n) is 5.18. The maximum Gasteiger partial charge on any atom is 0.269 e. The van der Waals surface area contributed by atoms with Crippen molar-refractivity contribution in [1.82, 2.24) is 0 Å². The highest BCUT2D eigenvalue weighted by Crippen LogP contribution is 2.28. The molecule has 0 aromatic heterocycles. The summed E-state index contributed by atoms with van der Waals surface area (Å²) < 4.78 is 0. The number of aliphatic imine (C=N–C) groups is 1. The van der Waals surface area contributed by atoms with Crippen molar-refractivity contribution in [2.75, 3.05) is 6.54 Å². The van der Waals surface area contributed by atoms with Crippen LogP contribution in [0, 0.1) is 10.1 Å². The zero-order chi connectivity index (χ0) is 14.6. The van der Waals surface area contributed by atoms with Crippen molar-refractivity contribution in [1.29, 1.82) is 0 Å². The number of nitro groups is 1. The number of rotatable bonds is 4. The monoisotopic (exact) mass is 278 g/mol. The van der Waals surface area contributed by atoms with Gasteiger partial charge in [-0.2, -0.15) is 0 Å². The zero-order valence-electron chi connectivity index (χ0n) is 11.1. The molecule has 0 radical (unpaired) electrons. The first-order chi connectivity index (χ1) is 9.51. The van der Waals surface area contributed by atoms with E-state index in [1.54, 1.807) is 18.3 Å². The number of hydrogen-bond donors (Lipinski definition) is 2. The molecule has 20 heavy (non-hydrogen) atoms. The van der Waals surface area contributed by atoms with Gasteiger partial charge in [0.15, 0.2) is 0 Å². The lowest BCUT2D eigenvalue weighted by Crippen LogP contribution is -2.47. The molecule has 0 saturated heterocycles. The van der Waals surface area contributed by atoms with Crippen LogP contribution in [0.3, 0.4) is 0 Å². The van der Waals surface area contributed by atoms with Crippen molar-refractivity contribution in [3.05, 3.63) is 39.9 Å². The van der Waals surface area contributed by atoms with Crippen molar-refractivity contribution in [3.63, 3.8) is 0 Å². The minimum absolute atomic E-state index is 0.0310. The van der Waals surface area contributed by atoms with E-state index in [0.29, 0.717) is 12.8 Å². The van der Waals surface area contributed by atoms with Gasteiger partial charge in [0.25, 0.3) is 5.69 Å². The molecule has 0 bridgehead atoms. The largest absolute Gasteiger partial charge is 0.390 e. The van der Waals surface area contributed by atoms with E-state index in [-0.39, 0.29) is 12.2 Å². The molecule has 0 aliphatic heterocycles. The normalized spacial score (nSPS) is 26.8. The Balaban J connectivity index is 1.97. The number of aliphatic hydroxyl groups is 2. The summed E-state index contributed by atoms with van der Waals surface area (Å²) in [5.74, 6) is 0. The molecule has 0 spiro atoms. The fraction of sp³-hybridized carbons (Fsp3) is 0.500. The molecular weight excluding hydrogens is 260 g/mol. The van der Waals surface area contributed by atoms with Gasteiger partial charge in [-0.25, -0.2) is 0 Å². The summed E-state index contributed by atoms with van der Waals surface area (Å²) in [6.45, 7) is 0.144. The number of benzene rings is 1. The third kappa shape index (κ3) is 3.40. The van der Waals surface area contributed by atoms with Crippen LogP contribution in [-0.2, 0) is 0 Å². The molecule has 1 aliphatic carbocycles. The second-order valence-corrected chi connectivity index (χ2v) is 5.18. The van der Waals surface area contributed by atoms with E-state index in [4.69, 9.17) is 0 Å². The Morgan fingerprint density at radius 3 is 2.70 bits per heavy atom. The van der Waals surface area contributed by atoms with Gasteiger partial charge in [-0.3, -0.25) is 15.1 Å². The Morgan fingerprint density at radius 1 is 1.40 bits per heavy atom. The molecular formula is C14H18N2O4. The highest BCUT2D eigenvalue weighted by molar-refractivity contribution is 5.79. The summed E-state index contributed by atoms with van der Waals surface area (Å²) in [5.41, 5.74) is -0.386. The predicted octanol–water partition coefficient (Wildman–Crippen LogP) is 1.68. The topological polar surface area (TPSA) is 96.0 Å². The lowest BCUT2D eigenvalue weighted by Gasteiger charge is -2.35. The fourth-order valence-electron chi connectivity index (χ4n) is 2.38. The molecule has 1 aromatic rings. The summed E-state index contributed by atoms with van der Waals surface area (Å²) >= 11 is 0. The summed E-state index contributed by atoms with van der Waals surface area (Å²) in [6, 6.07) is 6.02. The summed E-state index contributed by atoms with van der Waals surface area (Å²) in [4.78, 5) is 14.2. The van der Waals surface area contributed by atoms with Crippen LogP contribution in [0.25, 0.3) is 0 Å². The number of non-ortho nitro benzene ring substituents is 1. The van der Waals surface area contributed by atoms with Gasteiger partial charge in [0.05, 0.1) is 17.6 Å². The fourth-order valence-corrected chi connectivity index (χ4v) is 2.38. The number of nitrogens with zero attached hydrogens (tertiary/aromatic N) is 2. The molecule has 6 nitrogen and oxygen atoms in total. The van der Waals surface area contributed by atoms with E-state index in [2.05, 4.69) is 4.99 Å². The van der Waals surface area contributed by atoms with Crippen LogP contribution >= 0.6 is 0 Å². The van der Waals surface area contributed by atoms with E-state index in [1.165, 1.54) is 12.1 Å². The first kappa shape index (κ1) is 14.6. The molecule has 6 heteroatoms. The molecule has 2 rings (SSSR count). The number of hydrogen-bond acceptors (Lipinski definition) is 5. The molecule has 1 saturated carbocycles. The molecule has 2 atom stereocenters. The van der Waals surface area contributed by atoms with Gasteiger partial charge in [-0.1, -0.05) is 12.8 Å². The van der Waals surface area contributed by atoms with Gasteiger partial charge < -0.3 is 10.2 Å². The molecule has 108 valence electrons. The Bertz CT molecular complexity index is 500. The average Bonchev–Trinajstić information content (AvgIpc) is 2.43. The van der Waals surface area contributed by atoms with Crippen LogP contribution in [0.5, 0.6) is 0 Å². The van der Waals surface area contributed by atoms with Crippen molar-refractivity contribution in [2.45, 2.75) is 37.4 Å². The summed E-state index contributed by atoms with van der Waals surface area (Å²) in [6.07, 6.45) is 3.79. The molecule has 0 heterocycles. The van der Waals surface area contributed by atoms with Crippen LogP contribution in [0.15, 0.2) is 29.3 Å². The Morgan fingerprint density at radius 2 is 2.10 bits per heavy atom. The van der Waals surface area contributed by atoms with E-state index >= 15 is 0 Å². The lowest BCUT2D eigenvalue weighted by atomic mass is 9.82. The Hall–Kier alpha value is -1.79. The van der Waals surface area contributed by atoms with Crippen LogP contribution in [0.2, 0.25) is 0 Å². The predicted molar refractivity (Wildman–Crippen MR) is 75.0 cm³/mol. The second kappa shape index (κ2) is 6.11. The van der Waals surface area contributed by atoms with Crippen molar-refractivity contribution < 1.29 is 15.1 Å². The van der Waals surface area contributed by atoms with Crippen molar-refractivity contribution >= 4 is 11.9 Å². The first-order valence-electron chi connectivity index (χ1n) is 6.66. The van der Waals surface area contributed by atoms with Crippen LogP contribution in [-0.4, -0.2) is 39.6 Å². The minimum atomic E-state index is -1.14. The summed E-state index contributed by atoms with van der Waals surface area (Å²) in [5, 5.41) is 30.6. The van der Waals surface area contributed by atoms with E-state index in [1.807, 2.05) is 0 Å². The maximum atomic E-state index is 10.5. The van der Waals surface area contributed by atoms with Crippen molar-refractivity contribution in [2.24, 2.45) is 4.99 Å². The molecule has 1 fully saturated rings. The maximum absolute atomic E-state index is 10.5. The lowest BCUT2D eigenvalue weighted by molar-refractivity contribution is -0.384. The van der Waals surface area contributed by atoms with Gasteiger partial charge >= 0.3 is 0 Å². The highest BCUT2D eigenvalue weighted by atomic mass is 16.6. The van der Waals surface area contributed by atoms with Gasteiger partial charge in [0.2, 0.25) is 0 Å². The quantitative estimate of drug-likeness (QED) is 0.497. The minimum Gasteiger partial charge on any atom is -0.390 e. The van der Waals surface area contributed by atoms with Crippen LogP contribution in [0.4, 0.5) is 5.69 Å². The first-order valence-corrected chi connectivity index (χ1v) is 6.66. The van der Waals surface area contributed by atoms with Crippen LogP contribution in [0.1, 0.15) is 31.2 Å². The molecule has 2 N–H and O–H groups in total. The number of aliphatic hydroxyl groups excluding tert-OH is 1. The summed E-state index contributed by atoms with van der Waals surface area (Å²) in [7, 11) is 0. The zero-order valence-corrected chi connectivity index (χ0v) is 11.1. The Kier molecular flexibility index (Phi) is 4.46. The SMILES string of the molecule is O=[N+]([O-])c1ccc(C=NC[C@]2(O)CCCC[C@H]2O)cc1. The van der Waals surface area contributed by atoms with Gasteiger partial charge in [0, 0.05) is 18.3 Å². The molecule has 1 aromatic carbocycles. The third-order valence-corrected chi connectivity index (χ3v) is 3.67. The van der Waals surface area contributed by atoms with Gasteiger partial charge in [-0.05, 0) is 30.5 Å². The van der Waals surface area contributed by atoms with Gasteiger partial charge in [0.1, 0.15) is 5.60 Å². The van der Waals surface area contributed by atoms with Gasteiger partial charge in [-0.15, -0.1) is 0 Å². The van der Waals surface area contributed by atoms with E-state index in [9.17, 15) is 20.3 Å². The van der Waals surface area contributed by atoms with Crippen LogP contribution < -0.4 is 0 Å². The molecule has 0 unspecified atom stereocenters. The Labute approximate surface area is 116 Å². The third-order valence-electron chi connectivity index (χ3n) is 3.67. The standard InChI is InChI=1S/C14H18N2O4/c17-13-3-1-2-8-14(13,18)10-15-9-11-4-6-12(7-5-11)16(19)20/h4-7,9,13,17-18H,1-3,8,10H2/t13-,14-/m1/s1. The van der Waals surface area contributed by atoms with E-state index in [0.717, 1.165) is 18.4 Å². The smallest absolute Gasteiger partial charge is 0.269 e. The number of nitro benzene ring substituents is 1. The van der Waals surface area contributed by atoms with Crippen molar-refractivity contribution in [3.8, 4) is 0 Å². The average molecular weight is 278 g/mol. The highest BCUT2D eigenvalue weighted by Gasteiger charge is 2.37. The van der Waals surface area contributed by atoms with E-state index < -0.39 is 16.6 Å². The molecule has 0 amide bonds.